The number of anilines is 1. The van der Waals surface area contributed by atoms with Gasteiger partial charge in [-0.1, -0.05) is 44.5 Å². The van der Waals surface area contributed by atoms with E-state index in [-0.39, 0.29) is 17.0 Å². The van der Waals surface area contributed by atoms with Gasteiger partial charge in [0.25, 0.3) is 15.7 Å². The maximum atomic E-state index is 13.4. The fraction of sp³-hybridized carbons (Fsp3) is 0.269. The van der Waals surface area contributed by atoms with Crippen LogP contribution in [-0.2, 0) is 15.3 Å². The number of carbonyl (C=O) groups excluding carboxylic acids is 1. The van der Waals surface area contributed by atoms with Gasteiger partial charge in [-0.15, -0.1) is 0 Å². The molecule has 0 bridgehead atoms. The molecule has 2 N–H and O–H groups in total. The van der Waals surface area contributed by atoms with Crippen LogP contribution < -0.4 is 10.1 Å². The number of phenolic OH excluding ortho intramolecular Hbond substituents is 1. The number of sulfone groups is 1. The van der Waals surface area contributed by atoms with Gasteiger partial charge in [-0.3, -0.25) is 4.79 Å². The first-order valence-corrected chi connectivity index (χ1v) is 12.8. The molecule has 0 radical (unpaired) electrons. The zero-order chi connectivity index (χ0) is 27.9. The van der Waals surface area contributed by atoms with Crippen LogP contribution in [0.3, 0.4) is 0 Å². The molecule has 0 aliphatic carbocycles. The highest BCUT2D eigenvalue weighted by Gasteiger charge is 2.47. The van der Waals surface area contributed by atoms with E-state index in [1.54, 1.807) is 31.2 Å². The lowest BCUT2D eigenvalue weighted by molar-refractivity contribution is -0.0436. The maximum Gasteiger partial charge on any atom is 0.501 e. The minimum atomic E-state index is -5.62. The average Bonchev–Trinajstić information content (AvgIpc) is 2.78. The van der Waals surface area contributed by atoms with E-state index >= 15 is 0 Å². The van der Waals surface area contributed by atoms with Crippen molar-refractivity contribution >= 4 is 33.0 Å². The first-order chi connectivity index (χ1) is 17.0. The number of aromatic hydroxyl groups is 1. The average molecular weight is 556 g/mol. The highest BCUT2D eigenvalue weighted by atomic mass is 35.5. The summed E-state index contributed by atoms with van der Waals surface area (Å²) < 4.78 is 67.4. The van der Waals surface area contributed by atoms with Crippen LogP contribution in [0.1, 0.15) is 42.3 Å². The molecular weight excluding hydrogens is 531 g/mol. The lowest BCUT2D eigenvalue weighted by atomic mass is 9.81. The predicted molar refractivity (Wildman–Crippen MR) is 136 cm³/mol. The Hall–Kier alpha value is -3.24. The topological polar surface area (TPSA) is 92.7 Å². The molecule has 0 fully saturated rings. The van der Waals surface area contributed by atoms with Crippen LogP contribution in [-0.4, -0.2) is 32.0 Å². The molecule has 3 aromatic rings. The third kappa shape index (κ3) is 5.55. The normalized spacial score (nSPS) is 12.4. The molecule has 0 unspecified atom stereocenters. The molecule has 11 heteroatoms. The van der Waals surface area contributed by atoms with E-state index in [0.717, 1.165) is 11.6 Å². The summed E-state index contributed by atoms with van der Waals surface area (Å²) in [7, 11) is -4.10. The lowest BCUT2D eigenvalue weighted by Gasteiger charge is -2.25. The number of methoxy groups -OCH3 is 1. The van der Waals surface area contributed by atoms with Crippen molar-refractivity contribution in [3.05, 3.63) is 70.2 Å². The van der Waals surface area contributed by atoms with E-state index in [2.05, 4.69) is 5.32 Å². The Kier molecular flexibility index (Phi) is 7.58. The van der Waals surface area contributed by atoms with E-state index in [1.165, 1.54) is 7.11 Å². The Balaban J connectivity index is 2.13. The second kappa shape index (κ2) is 9.90. The number of halogens is 4. The standard InChI is InChI=1S/C26H25ClF3NO5S/c1-14-18(15-7-6-8-16(11-15)36-5)13-19(25(2,3)4)23(32)22(14)24(33)31-21-10-9-17(12-20(21)27)37(34,35)26(28,29)30/h6-13,32H,1-5H3,(H,31,33). The number of hydrogen-bond donors (Lipinski definition) is 2. The summed E-state index contributed by atoms with van der Waals surface area (Å²) in [5.41, 5.74) is -3.95. The molecule has 0 aliphatic heterocycles. The largest absolute Gasteiger partial charge is 0.507 e. The van der Waals surface area contributed by atoms with Crippen LogP contribution in [0.4, 0.5) is 18.9 Å². The van der Waals surface area contributed by atoms with Crippen LogP contribution in [0, 0.1) is 6.92 Å². The second-order valence-corrected chi connectivity index (χ2v) is 11.7. The minimum absolute atomic E-state index is 0.0618. The number of alkyl halides is 3. The Labute approximate surface area is 218 Å². The number of benzene rings is 3. The van der Waals surface area contributed by atoms with Crippen LogP contribution >= 0.6 is 11.6 Å². The molecule has 0 saturated carbocycles. The highest BCUT2D eigenvalue weighted by Crippen LogP contribution is 2.41. The SMILES string of the molecule is COc1cccc(-c2cc(C(C)(C)C)c(O)c(C(=O)Nc3ccc(S(=O)(=O)C(F)(F)F)cc3Cl)c2C)c1. The maximum absolute atomic E-state index is 13.4. The van der Waals surface area contributed by atoms with Crippen molar-refractivity contribution in [3.8, 4) is 22.6 Å². The van der Waals surface area contributed by atoms with Gasteiger partial charge < -0.3 is 15.2 Å². The zero-order valence-corrected chi connectivity index (χ0v) is 22.2. The van der Waals surface area contributed by atoms with Gasteiger partial charge in [-0.05, 0) is 65.4 Å². The number of ether oxygens (including phenoxy) is 1. The first kappa shape index (κ1) is 28.3. The van der Waals surface area contributed by atoms with Gasteiger partial charge in [0.1, 0.15) is 11.5 Å². The number of rotatable bonds is 5. The first-order valence-electron chi connectivity index (χ1n) is 10.9. The summed E-state index contributed by atoms with van der Waals surface area (Å²) in [6.45, 7) is 7.25. The molecule has 198 valence electrons. The molecule has 0 atom stereocenters. The molecule has 6 nitrogen and oxygen atoms in total. The molecular formula is C26H25ClF3NO5S. The highest BCUT2D eigenvalue weighted by molar-refractivity contribution is 7.92. The van der Waals surface area contributed by atoms with E-state index < -0.39 is 36.6 Å². The second-order valence-electron chi connectivity index (χ2n) is 9.35. The van der Waals surface area contributed by atoms with Crippen LogP contribution in [0.25, 0.3) is 11.1 Å². The fourth-order valence-corrected chi connectivity index (χ4v) is 4.87. The van der Waals surface area contributed by atoms with E-state index in [1.807, 2.05) is 26.8 Å². The molecule has 3 aromatic carbocycles. The Morgan fingerprint density at radius 1 is 1.05 bits per heavy atom. The number of nitrogens with one attached hydrogen (secondary N) is 1. The Bertz CT molecular complexity index is 1480. The van der Waals surface area contributed by atoms with E-state index in [9.17, 15) is 31.5 Å². The fourth-order valence-electron chi connectivity index (χ4n) is 3.79. The number of phenols is 1. The van der Waals surface area contributed by atoms with Crippen molar-refractivity contribution in [2.75, 3.05) is 12.4 Å². The Morgan fingerprint density at radius 2 is 1.70 bits per heavy atom. The molecule has 0 aliphatic rings. The third-order valence-electron chi connectivity index (χ3n) is 5.78. The van der Waals surface area contributed by atoms with Gasteiger partial charge in [0.2, 0.25) is 0 Å². The summed E-state index contributed by atoms with van der Waals surface area (Å²) in [6, 6.07) is 11.2. The number of hydrogen-bond acceptors (Lipinski definition) is 5. The van der Waals surface area contributed by atoms with E-state index in [0.29, 0.717) is 34.6 Å². The number of carbonyl (C=O) groups is 1. The molecule has 1 amide bonds. The molecule has 0 spiro atoms. The number of amides is 1. The summed E-state index contributed by atoms with van der Waals surface area (Å²) in [5, 5.41) is 13.2. The van der Waals surface area contributed by atoms with Crippen molar-refractivity contribution in [1.29, 1.82) is 0 Å². The Morgan fingerprint density at radius 3 is 2.24 bits per heavy atom. The zero-order valence-electron chi connectivity index (χ0n) is 20.6. The van der Waals surface area contributed by atoms with Crippen molar-refractivity contribution in [3.63, 3.8) is 0 Å². The summed E-state index contributed by atoms with van der Waals surface area (Å²) >= 11 is 6.04. The van der Waals surface area contributed by atoms with Crippen molar-refractivity contribution < 1.29 is 36.2 Å². The molecule has 0 aromatic heterocycles. The predicted octanol–water partition coefficient (Wildman–Crippen LogP) is 6.87. The molecule has 0 heterocycles. The van der Waals surface area contributed by atoms with Gasteiger partial charge in [0.05, 0.1) is 28.3 Å². The van der Waals surface area contributed by atoms with Gasteiger partial charge in [-0.25, -0.2) is 8.42 Å². The summed E-state index contributed by atoms with van der Waals surface area (Å²) in [5.74, 6) is -0.450. The summed E-state index contributed by atoms with van der Waals surface area (Å²) in [6.07, 6.45) is 0. The van der Waals surface area contributed by atoms with Gasteiger partial charge in [0, 0.05) is 5.56 Å². The van der Waals surface area contributed by atoms with Crippen molar-refractivity contribution in [2.24, 2.45) is 0 Å². The minimum Gasteiger partial charge on any atom is -0.507 e. The van der Waals surface area contributed by atoms with E-state index in [4.69, 9.17) is 16.3 Å². The molecule has 37 heavy (non-hydrogen) atoms. The third-order valence-corrected chi connectivity index (χ3v) is 7.58. The van der Waals surface area contributed by atoms with Crippen LogP contribution in [0.2, 0.25) is 5.02 Å². The summed E-state index contributed by atoms with van der Waals surface area (Å²) in [4.78, 5) is 12.3. The monoisotopic (exact) mass is 555 g/mol. The molecule has 3 rings (SSSR count). The molecule has 0 saturated heterocycles. The smallest absolute Gasteiger partial charge is 0.501 e. The van der Waals surface area contributed by atoms with Gasteiger partial charge in [-0.2, -0.15) is 13.2 Å². The quantitative estimate of drug-likeness (QED) is 0.358. The van der Waals surface area contributed by atoms with Gasteiger partial charge in [0.15, 0.2) is 0 Å². The van der Waals surface area contributed by atoms with Crippen molar-refractivity contribution in [2.45, 2.75) is 43.5 Å². The van der Waals surface area contributed by atoms with Gasteiger partial charge >= 0.3 is 5.51 Å². The lowest BCUT2D eigenvalue weighted by Crippen LogP contribution is -2.23. The van der Waals surface area contributed by atoms with Crippen LogP contribution in [0.5, 0.6) is 11.5 Å². The van der Waals surface area contributed by atoms with Crippen LogP contribution in [0.15, 0.2) is 53.4 Å². The van der Waals surface area contributed by atoms with Crippen molar-refractivity contribution in [1.82, 2.24) is 0 Å².